The van der Waals surface area contributed by atoms with E-state index in [0.717, 1.165) is 0 Å². The predicted octanol–water partition coefficient (Wildman–Crippen LogP) is 7.51. The highest BCUT2D eigenvalue weighted by molar-refractivity contribution is 7.99. The van der Waals surface area contributed by atoms with E-state index in [-0.39, 0.29) is 18.8 Å². The van der Waals surface area contributed by atoms with Crippen LogP contribution in [0, 0.1) is 6.92 Å². The number of para-hydroxylation sites is 2. The number of thiophene rings is 1. The van der Waals surface area contributed by atoms with Gasteiger partial charge in [-0.3, -0.25) is 14.3 Å². The van der Waals surface area contributed by atoms with Crippen LogP contribution < -0.4 is 10.3 Å². The van der Waals surface area contributed by atoms with Crippen molar-refractivity contribution in [2.24, 2.45) is 0 Å². The molecule has 4 aromatic heterocycles. The molecular weight excluding hydrogens is 647 g/mol. The van der Waals surface area contributed by atoms with Crippen LogP contribution in [-0.4, -0.2) is 50.8 Å². The number of pyridine rings is 1. The molecule has 0 aliphatic heterocycles. The number of carbonyl (C=O) groups excluding carboxylic acids is 1. The average Bonchev–Trinajstić information content (AvgIpc) is 3.46. The fourth-order valence-electron chi connectivity index (χ4n) is 5.06. The smallest absolute Gasteiger partial charge is 0.348 e. The van der Waals surface area contributed by atoms with Gasteiger partial charge in [-0.2, -0.15) is 0 Å². The van der Waals surface area contributed by atoms with E-state index in [9.17, 15) is 9.59 Å². The molecule has 7 aromatic rings. The number of nitrogens with zero attached hydrogens (tertiary/aromatic N) is 5. The summed E-state index contributed by atoms with van der Waals surface area (Å²) in [5, 5.41) is 2.07. The maximum absolute atomic E-state index is 14.1. The van der Waals surface area contributed by atoms with Gasteiger partial charge < -0.3 is 14.2 Å². The number of aromatic nitrogens is 5. The third-order valence-electron chi connectivity index (χ3n) is 7.39. The molecule has 10 nitrogen and oxygen atoms in total. The minimum atomic E-state index is -0.468. The second-order valence-corrected chi connectivity index (χ2v) is 12.5. The molecule has 0 aliphatic carbocycles. The van der Waals surface area contributed by atoms with Crippen LogP contribution >= 0.6 is 23.1 Å². The molecule has 7 rings (SSSR count). The van der Waals surface area contributed by atoms with E-state index in [1.807, 2.05) is 91.9 Å². The highest BCUT2D eigenvalue weighted by Gasteiger charge is 2.24. The first-order chi connectivity index (χ1) is 23.5. The summed E-state index contributed by atoms with van der Waals surface area (Å²) in [6.07, 6.45) is 3.36. The van der Waals surface area contributed by atoms with Gasteiger partial charge in [-0.25, -0.2) is 19.7 Å². The Bertz CT molecular complexity index is 2310. The maximum Gasteiger partial charge on any atom is 0.348 e. The quantitative estimate of drug-likeness (QED) is 0.0625. The molecule has 4 heterocycles. The van der Waals surface area contributed by atoms with Gasteiger partial charge in [0, 0.05) is 30.5 Å². The monoisotopic (exact) mass is 673 g/mol. The van der Waals surface area contributed by atoms with Gasteiger partial charge in [-0.05, 0) is 84.9 Å². The van der Waals surface area contributed by atoms with Crippen LogP contribution in [0.4, 0.5) is 0 Å². The molecule has 0 atom stereocenters. The largest absolute Gasteiger partial charge is 0.459 e. The number of fused-ring (bicyclic) bond motifs is 2. The van der Waals surface area contributed by atoms with E-state index < -0.39 is 5.97 Å². The second kappa shape index (κ2) is 13.7. The molecule has 48 heavy (non-hydrogen) atoms. The summed E-state index contributed by atoms with van der Waals surface area (Å²) in [4.78, 5) is 47.2. The summed E-state index contributed by atoms with van der Waals surface area (Å²) < 4.78 is 18.1. The van der Waals surface area contributed by atoms with Crippen LogP contribution in [0.3, 0.4) is 0 Å². The molecule has 12 heteroatoms. The Balaban J connectivity index is 1.37. The van der Waals surface area contributed by atoms with Gasteiger partial charge in [0.25, 0.3) is 5.56 Å². The van der Waals surface area contributed by atoms with Crippen molar-refractivity contribution in [2.45, 2.75) is 17.1 Å². The van der Waals surface area contributed by atoms with Gasteiger partial charge >= 0.3 is 5.97 Å². The maximum atomic E-state index is 14.1. The first-order valence-electron chi connectivity index (χ1n) is 14.9. The minimum absolute atomic E-state index is 0.125. The first kappa shape index (κ1) is 31.2. The average molecular weight is 674 g/mol. The van der Waals surface area contributed by atoms with E-state index in [1.165, 1.54) is 23.1 Å². The number of rotatable bonds is 10. The third-order valence-corrected chi connectivity index (χ3v) is 9.50. The lowest BCUT2D eigenvalue weighted by atomic mass is 10.2. The number of aryl methyl sites for hydroxylation is 1. The van der Waals surface area contributed by atoms with E-state index in [4.69, 9.17) is 29.2 Å². The van der Waals surface area contributed by atoms with Crippen molar-refractivity contribution < 1.29 is 19.0 Å². The van der Waals surface area contributed by atoms with Crippen molar-refractivity contribution in [1.82, 2.24) is 24.5 Å². The van der Waals surface area contributed by atoms with Crippen LogP contribution in [0.25, 0.3) is 38.2 Å². The Morgan fingerprint density at radius 1 is 0.875 bits per heavy atom. The highest BCUT2D eigenvalue weighted by Crippen LogP contribution is 2.40. The van der Waals surface area contributed by atoms with E-state index in [2.05, 4.69) is 4.98 Å². The van der Waals surface area contributed by atoms with Gasteiger partial charge in [0.2, 0.25) is 0 Å². The van der Waals surface area contributed by atoms with Gasteiger partial charge in [0.1, 0.15) is 32.8 Å². The van der Waals surface area contributed by atoms with Crippen LogP contribution in [0.5, 0.6) is 11.5 Å². The molecule has 0 amide bonds. The third kappa shape index (κ3) is 6.28. The van der Waals surface area contributed by atoms with Crippen molar-refractivity contribution in [2.75, 3.05) is 20.3 Å². The van der Waals surface area contributed by atoms with Crippen molar-refractivity contribution in [3.63, 3.8) is 0 Å². The van der Waals surface area contributed by atoms with Crippen LogP contribution in [0.2, 0.25) is 0 Å². The Morgan fingerprint density at radius 3 is 2.42 bits per heavy atom. The summed E-state index contributed by atoms with van der Waals surface area (Å²) in [5.74, 6) is 1.29. The molecule has 0 spiro atoms. The van der Waals surface area contributed by atoms with Gasteiger partial charge in [0.05, 0.1) is 23.2 Å². The molecule has 3 aromatic carbocycles. The van der Waals surface area contributed by atoms with Crippen molar-refractivity contribution in [3.05, 3.63) is 124 Å². The lowest BCUT2D eigenvalue weighted by molar-refractivity contribution is 0.0393. The molecule has 0 aliphatic rings. The zero-order chi connectivity index (χ0) is 33.0. The van der Waals surface area contributed by atoms with Crippen LogP contribution in [0.15, 0.2) is 118 Å². The van der Waals surface area contributed by atoms with Crippen molar-refractivity contribution >= 4 is 50.2 Å². The fraction of sp³-hybridized carbons (Fsp3) is 0.111. The summed E-state index contributed by atoms with van der Waals surface area (Å²) in [6, 6.07) is 27.6. The lowest BCUT2D eigenvalue weighted by Gasteiger charge is -2.14. The molecule has 0 unspecified atom stereocenters. The van der Waals surface area contributed by atoms with Gasteiger partial charge in [0.15, 0.2) is 11.0 Å². The Hall–Kier alpha value is -5.43. The Kier molecular flexibility index (Phi) is 8.93. The number of methoxy groups -OCH3 is 1. The summed E-state index contributed by atoms with van der Waals surface area (Å²) in [5.41, 5.74) is 2.29. The van der Waals surface area contributed by atoms with Crippen LogP contribution in [-0.2, 0) is 9.47 Å². The number of benzene rings is 3. The molecule has 0 saturated carbocycles. The minimum Gasteiger partial charge on any atom is -0.459 e. The van der Waals surface area contributed by atoms with Crippen molar-refractivity contribution in [1.29, 1.82) is 0 Å². The summed E-state index contributed by atoms with van der Waals surface area (Å²) in [7, 11) is 1.55. The van der Waals surface area contributed by atoms with E-state index in [0.29, 0.717) is 70.3 Å². The molecule has 0 saturated heterocycles. The highest BCUT2D eigenvalue weighted by atomic mass is 32.2. The zero-order valence-electron chi connectivity index (χ0n) is 25.8. The number of carbonyl (C=O) groups is 1. The van der Waals surface area contributed by atoms with Crippen LogP contribution in [0.1, 0.15) is 15.2 Å². The molecule has 238 valence electrons. The zero-order valence-corrected chi connectivity index (χ0v) is 27.5. The normalized spacial score (nSPS) is 11.2. The predicted molar refractivity (Wildman–Crippen MR) is 186 cm³/mol. The number of ether oxygens (including phenoxy) is 3. The van der Waals surface area contributed by atoms with Crippen molar-refractivity contribution in [3.8, 4) is 28.6 Å². The van der Waals surface area contributed by atoms with Gasteiger partial charge in [-0.15, -0.1) is 11.3 Å². The Morgan fingerprint density at radius 2 is 1.65 bits per heavy atom. The Labute approximate surface area is 283 Å². The van der Waals surface area contributed by atoms with E-state index in [1.54, 1.807) is 30.1 Å². The summed E-state index contributed by atoms with van der Waals surface area (Å²) >= 11 is 2.46. The van der Waals surface area contributed by atoms with E-state index >= 15 is 0 Å². The lowest BCUT2D eigenvalue weighted by Crippen LogP contribution is -2.21. The number of hydrogen-bond donors (Lipinski definition) is 0. The molecular formula is C36H27N5O5S2. The second-order valence-electron chi connectivity index (χ2n) is 10.5. The molecule has 0 radical (unpaired) electrons. The summed E-state index contributed by atoms with van der Waals surface area (Å²) in [6.45, 7) is 2.25. The SMILES string of the molecule is COCCOC(=O)c1sc2nc(-c3cccnc3)nc(Sc3nc4ccccc4c(=O)n3-c3ccc(Oc4ccccc4)cc3)c2c1C. The fourth-order valence-corrected chi connectivity index (χ4v) is 7.28. The van der Waals surface area contributed by atoms with Gasteiger partial charge in [-0.1, -0.05) is 30.3 Å². The topological polar surface area (TPSA) is 118 Å². The number of esters is 1. The molecule has 0 N–H and O–H groups in total. The molecule has 0 bridgehead atoms. The first-order valence-corrected chi connectivity index (χ1v) is 16.5. The standard InChI is InChI=1S/C36H27N5O5S2/c1-22-29-32(47-30(22)35(43)45-20-19-44-2)39-31(23-9-8-18-37-21-23)40-33(29)48-36-38-28-13-7-6-12-27(28)34(42)41(36)24-14-16-26(17-15-24)46-25-10-4-3-5-11-25/h3-18,21H,19-20H2,1-2H3. The molecule has 0 fully saturated rings. The number of hydrogen-bond acceptors (Lipinski definition) is 11.